The second-order valence-corrected chi connectivity index (χ2v) is 9.14. The van der Waals surface area contributed by atoms with Gasteiger partial charge in [0.15, 0.2) is 8.32 Å². The van der Waals surface area contributed by atoms with Gasteiger partial charge in [-0.2, -0.15) is 0 Å². The van der Waals surface area contributed by atoms with Crippen molar-refractivity contribution < 1.29 is 14.0 Å². The van der Waals surface area contributed by atoms with Gasteiger partial charge in [0.05, 0.1) is 18.3 Å². The molecule has 0 aromatic carbocycles. The van der Waals surface area contributed by atoms with Crippen LogP contribution in [0.25, 0.3) is 0 Å². The molecule has 0 amide bonds. The summed E-state index contributed by atoms with van der Waals surface area (Å²) in [6, 6.07) is 0. The average Bonchev–Trinajstić information content (AvgIpc) is 2.49. The van der Waals surface area contributed by atoms with Crippen LogP contribution in [0.5, 0.6) is 0 Å². The summed E-state index contributed by atoms with van der Waals surface area (Å²) >= 11 is 0. The van der Waals surface area contributed by atoms with E-state index in [2.05, 4.69) is 19.6 Å². The van der Waals surface area contributed by atoms with Crippen LogP contribution in [-0.4, -0.2) is 27.0 Å². The molecule has 0 saturated carbocycles. The quantitative estimate of drug-likeness (QED) is 0.548. The lowest BCUT2D eigenvalue weighted by atomic mass is 10.2. The molecular formula is C11H20O3Si. The van der Waals surface area contributed by atoms with Gasteiger partial charge in [-0.3, -0.25) is 0 Å². The van der Waals surface area contributed by atoms with Crippen LogP contribution >= 0.6 is 0 Å². The summed E-state index contributed by atoms with van der Waals surface area (Å²) < 4.78 is 10.9. The number of ether oxygens (including phenoxy) is 1. The summed E-state index contributed by atoms with van der Waals surface area (Å²) in [5.74, 6) is -0.210. The van der Waals surface area contributed by atoms with Crippen molar-refractivity contribution in [3.8, 4) is 0 Å². The Morgan fingerprint density at radius 2 is 2.20 bits per heavy atom. The Morgan fingerprint density at radius 3 is 2.73 bits per heavy atom. The first-order valence-corrected chi connectivity index (χ1v) is 8.90. The number of hydrogen-bond acceptors (Lipinski definition) is 3. The average molecular weight is 228 g/mol. The Bertz CT molecular complexity index is 265. The van der Waals surface area contributed by atoms with Crippen molar-refractivity contribution in [2.24, 2.45) is 0 Å². The molecule has 1 rings (SSSR count). The van der Waals surface area contributed by atoms with Crippen molar-refractivity contribution in [3.63, 3.8) is 0 Å². The molecule has 1 unspecified atom stereocenters. The summed E-state index contributed by atoms with van der Waals surface area (Å²) in [5, 5.41) is 0. The molecule has 1 atom stereocenters. The number of carbonyl (C=O) groups excluding carboxylic acids is 1. The molecule has 0 heterocycles. The standard InChI is InChI=1S/C11H20O3Si/c1-5-13-11(12)9-7-6-8-10(9)14-15(2,3)4/h7,10H,5-6,8H2,1-4H3. The van der Waals surface area contributed by atoms with Crippen LogP contribution < -0.4 is 0 Å². The Hall–Kier alpha value is -0.613. The molecule has 1 aliphatic carbocycles. The van der Waals surface area contributed by atoms with Gasteiger partial charge in [-0.1, -0.05) is 6.08 Å². The molecule has 0 saturated heterocycles. The zero-order chi connectivity index (χ0) is 11.5. The second kappa shape index (κ2) is 4.94. The monoisotopic (exact) mass is 228 g/mol. The van der Waals surface area contributed by atoms with E-state index in [-0.39, 0.29) is 12.1 Å². The third-order valence-corrected chi connectivity index (χ3v) is 3.14. The molecule has 4 heteroatoms. The predicted octanol–water partition coefficient (Wildman–Crippen LogP) is 2.49. The zero-order valence-corrected chi connectivity index (χ0v) is 11.0. The van der Waals surface area contributed by atoms with E-state index in [4.69, 9.17) is 9.16 Å². The van der Waals surface area contributed by atoms with E-state index in [1.54, 1.807) is 0 Å². The van der Waals surface area contributed by atoms with Gasteiger partial charge in [0, 0.05) is 0 Å². The predicted molar refractivity (Wildman–Crippen MR) is 62.2 cm³/mol. The van der Waals surface area contributed by atoms with Gasteiger partial charge >= 0.3 is 5.97 Å². The summed E-state index contributed by atoms with van der Waals surface area (Å²) in [6.45, 7) is 8.65. The first-order chi connectivity index (χ1) is 6.94. The Labute approximate surface area is 92.6 Å². The van der Waals surface area contributed by atoms with Gasteiger partial charge in [-0.05, 0) is 39.4 Å². The van der Waals surface area contributed by atoms with Gasteiger partial charge in [0.25, 0.3) is 0 Å². The maximum absolute atomic E-state index is 11.6. The summed E-state index contributed by atoms with van der Waals surface area (Å²) in [4.78, 5) is 11.6. The number of allylic oxidation sites excluding steroid dienone is 1. The van der Waals surface area contributed by atoms with E-state index in [1.165, 1.54) is 0 Å². The Balaban J connectivity index is 2.60. The lowest BCUT2D eigenvalue weighted by molar-refractivity contribution is -0.139. The van der Waals surface area contributed by atoms with Crippen LogP contribution in [0.2, 0.25) is 19.6 Å². The highest BCUT2D eigenvalue weighted by Gasteiger charge is 2.30. The van der Waals surface area contributed by atoms with Crippen LogP contribution in [0.4, 0.5) is 0 Å². The van der Waals surface area contributed by atoms with Crippen LogP contribution in [0.1, 0.15) is 19.8 Å². The molecular weight excluding hydrogens is 208 g/mol. The third-order valence-electron chi connectivity index (χ3n) is 2.15. The van der Waals surface area contributed by atoms with Gasteiger partial charge in [-0.15, -0.1) is 0 Å². The van der Waals surface area contributed by atoms with Crippen LogP contribution in [0.3, 0.4) is 0 Å². The van der Waals surface area contributed by atoms with E-state index < -0.39 is 8.32 Å². The SMILES string of the molecule is CCOC(=O)C1=CCCC1O[Si](C)(C)C. The Morgan fingerprint density at radius 1 is 1.53 bits per heavy atom. The zero-order valence-electron chi connectivity index (χ0n) is 10.0. The minimum absolute atomic E-state index is 0.0317. The lowest BCUT2D eigenvalue weighted by Gasteiger charge is -2.24. The van der Waals surface area contributed by atoms with E-state index in [0.29, 0.717) is 6.61 Å². The molecule has 0 radical (unpaired) electrons. The van der Waals surface area contributed by atoms with Crippen molar-refractivity contribution in [3.05, 3.63) is 11.6 Å². The third kappa shape index (κ3) is 3.79. The largest absolute Gasteiger partial charge is 0.463 e. The van der Waals surface area contributed by atoms with Crippen molar-refractivity contribution in [2.75, 3.05) is 6.61 Å². The smallest absolute Gasteiger partial charge is 0.336 e. The maximum Gasteiger partial charge on any atom is 0.336 e. The van der Waals surface area contributed by atoms with E-state index in [0.717, 1.165) is 18.4 Å². The molecule has 0 fully saturated rings. The molecule has 86 valence electrons. The molecule has 3 nitrogen and oxygen atoms in total. The molecule has 0 N–H and O–H groups in total. The number of rotatable bonds is 4. The van der Waals surface area contributed by atoms with Gasteiger partial charge in [0.1, 0.15) is 0 Å². The first-order valence-electron chi connectivity index (χ1n) is 5.49. The minimum atomic E-state index is -1.58. The summed E-state index contributed by atoms with van der Waals surface area (Å²) in [5.41, 5.74) is 0.722. The fraction of sp³-hybridized carbons (Fsp3) is 0.727. The fourth-order valence-electron chi connectivity index (χ4n) is 1.66. The first kappa shape index (κ1) is 12.5. The Kier molecular flexibility index (Phi) is 4.10. The van der Waals surface area contributed by atoms with Crippen molar-refractivity contribution in [1.82, 2.24) is 0 Å². The molecule has 15 heavy (non-hydrogen) atoms. The summed E-state index contributed by atoms with van der Waals surface area (Å²) in [6.07, 6.45) is 3.75. The normalized spacial score (nSPS) is 21.3. The summed E-state index contributed by atoms with van der Waals surface area (Å²) in [7, 11) is -1.58. The highest BCUT2D eigenvalue weighted by molar-refractivity contribution is 6.69. The highest BCUT2D eigenvalue weighted by atomic mass is 28.4. The number of carbonyl (C=O) groups is 1. The van der Waals surface area contributed by atoms with Crippen molar-refractivity contribution in [1.29, 1.82) is 0 Å². The molecule has 0 spiro atoms. The van der Waals surface area contributed by atoms with Crippen molar-refractivity contribution >= 4 is 14.3 Å². The fourth-order valence-corrected chi connectivity index (χ4v) is 2.75. The molecule has 1 aliphatic rings. The van der Waals surface area contributed by atoms with Crippen LogP contribution in [-0.2, 0) is 14.0 Å². The van der Waals surface area contributed by atoms with Gasteiger partial charge in [-0.25, -0.2) is 4.79 Å². The molecule has 0 aliphatic heterocycles. The van der Waals surface area contributed by atoms with E-state index in [1.807, 2.05) is 13.0 Å². The van der Waals surface area contributed by atoms with E-state index >= 15 is 0 Å². The minimum Gasteiger partial charge on any atom is -0.463 e. The van der Waals surface area contributed by atoms with Crippen LogP contribution in [0.15, 0.2) is 11.6 Å². The van der Waals surface area contributed by atoms with Crippen LogP contribution in [0, 0.1) is 0 Å². The molecule has 0 bridgehead atoms. The number of esters is 1. The molecule has 0 aromatic rings. The maximum atomic E-state index is 11.6. The van der Waals surface area contributed by atoms with E-state index in [9.17, 15) is 4.79 Å². The lowest BCUT2D eigenvalue weighted by Crippen LogP contribution is -2.33. The molecule has 0 aromatic heterocycles. The second-order valence-electron chi connectivity index (χ2n) is 4.68. The van der Waals surface area contributed by atoms with Gasteiger partial charge < -0.3 is 9.16 Å². The van der Waals surface area contributed by atoms with Gasteiger partial charge in [0.2, 0.25) is 0 Å². The highest BCUT2D eigenvalue weighted by Crippen LogP contribution is 2.26. The number of hydrogen-bond donors (Lipinski definition) is 0. The topological polar surface area (TPSA) is 35.5 Å². The van der Waals surface area contributed by atoms with Crippen molar-refractivity contribution in [2.45, 2.75) is 45.5 Å².